The molecule has 1 amide bonds. The molecule has 0 bridgehead atoms. The molecule has 0 unspecified atom stereocenters. The van der Waals surface area contributed by atoms with Crippen molar-refractivity contribution in [2.45, 2.75) is 45.1 Å². The van der Waals surface area contributed by atoms with Gasteiger partial charge in [0, 0.05) is 13.1 Å². The number of likely N-dealkylation sites (tertiary alicyclic amines) is 1. The third-order valence-electron chi connectivity index (χ3n) is 6.33. The van der Waals surface area contributed by atoms with Crippen molar-refractivity contribution < 1.29 is 9.53 Å². The van der Waals surface area contributed by atoms with Gasteiger partial charge in [0.05, 0.1) is 11.4 Å². The van der Waals surface area contributed by atoms with Crippen LogP contribution in [0.3, 0.4) is 0 Å². The quantitative estimate of drug-likeness (QED) is 0.799. The zero-order chi connectivity index (χ0) is 16.9. The van der Waals surface area contributed by atoms with E-state index in [2.05, 4.69) is 4.98 Å². The minimum absolute atomic E-state index is 0.0598. The molecule has 25 heavy (non-hydrogen) atoms. The van der Waals surface area contributed by atoms with Crippen molar-refractivity contribution in [1.29, 1.82) is 0 Å². The minimum atomic E-state index is 0.0598. The van der Waals surface area contributed by atoms with Gasteiger partial charge in [-0.15, -0.1) is 0 Å². The molecule has 1 saturated carbocycles. The second-order valence-corrected chi connectivity index (χ2v) is 7.67. The lowest BCUT2D eigenvalue weighted by atomic mass is 9.77. The first-order chi connectivity index (χ1) is 12.3. The van der Waals surface area contributed by atoms with Crippen LogP contribution in [-0.2, 0) is 6.61 Å². The Morgan fingerprint density at radius 3 is 2.64 bits per heavy atom. The standard InChI is InChI=1S/C20H23N3O2/c24-19(22-11-9-20(10-12-22)7-3-4-8-20)18-16-13-25-17-6-2-1-5-15(17)23(16)14-21-18/h1-2,5-6,14H,3-4,7-13H2. The van der Waals surface area contributed by atoms with Crippen LogP contribution in [0.15, 0.2) is 30.6 Å². The van der Waals surface area contributed by atoms with Gasteiger partial charge in [-0.05, 0) is 43.2 Å². The summed E-state index contributed by atoms with van der Waals surface area (Å²) >= 11 is 0. The van der Waals surface area contributed by atoms with E-state index in [1.54, 1.807) is 6.33 Å². The summed E-state index contributed by atoms with van der Waals surface area (Å²) in [5.74, 6) is 0.900. The number of hydrogen-bond acceptors (Lipinski definition) is 3. The molecule has 1 aliphatic carbocycles. The number of benzene rings is 1. The number of hydrogen-bond donors (Lipinski definition) is 0. The predicted octanol–water partition coefficient (Wildman–Crippen LogP) is 3.56. The fraction of sp³-hybridized carbons (Fsp3) is 0.500. The van der Waals surface area contributed by atoms with Gasteiger partial charge in [0.2, 0.25) is 0 Å². The zero-order valence-corrected chi connectivity index (χ0v) is 14.4. The Balaban J connectivity index is 1.39. The normalized spacial score (nSPS) is 20.9. The van der Waals surface area contributed by atoms with Gasteiger partial charge in [0.15, 0.2) is 5.69 Å². The Bertz CT molecular complexity index is 810. The number of piperidine rings is 1. The van der Waals surface area contributed by atoms with Crippen LogP contribution >= 0.6 is 0 Å². The van der Waals surface area contributed by atoms with Crippen molar-refractivity contribution in [2.75, 3.05) is 13.1 Å². The molecule has 1 aromatic carbocycles. The average Bonchev–Trinajstić information content (AvgIpc) is 3.29. The van der Waals surface area contributed by atoms with Crippen LogP contribution in [0.25, 0.3) is 5.69 Å². The summed E-state index contributed by atoms with van der Waals surface area (Å²) in [7, 11) is 0. The third-order valence-corrected chi connectivity index (χ3v) is 6.33. The summed E-state index contributed by atoms with van der Waals surface area (Å²) in [4.78, 5) is 19.5. The molecule has 2 aliphatic heterocycles. The second-order valence-electron chi connectivity index (χ2n) is 7.67. The van der Waals surface area contributed by atoms with Gasteiger partial charge in [0.25, 0.3) is 5.91 Å². The Morgan fingerprint density at radius 2 is 1.84 bits per heavy atom. The average molecular weight is 337 g/mol. The molecule has 2 fully saturated rings. The highest BCUT2D eigenvalue weighted by atomic mass is 16.5. The molecule has 130 valence electrons. The smallest absolute Gasteiger partial charge is 0.274 e. The van der Waals surface area contributed by atoms with E-state index < -0.39 is 0 Å². The van der Waals surface area contributed by atoms with Crippen molar-refractivity contribution in [3.8, 4) is 11.4 Å². The minimum Gasteiger partial charge on any atom is -0.485 e. The Hall–Kier alpha value is -2.30. The van der Waals surface area contributed by atoms with E-state index in [1.807, 2.05) is 33.7 Å². The molecule has 3 heterocycles. The SMILES string of the molecule is O=C(c1ncn2c1COc1ccccc1-2)N1CCC2(CCCC2)CC1. The first-order valence-corrected chi connectivity index (χ1v) is 9.34. The molecule has 1 saturated heterocycles. The lowest BCUT2D eigenvalue weighted by Crippen LogP contribution is -2.42. The molecular weight excluding hydrogens is 314 g/mol. The van der Waals surface area contributed by atoms with Crippen LogP contribution < -0.4 is 4.74 Å². The summed E-state index contributed by atoms with van der Waals surface area (Å²) in [6, 6.07) is 7.88. The molecule has 1 spiro atoms. The Kier molecular flexibility index (Phi) is 3.37. The van der Waals surface area contributed by atoms with E-state index >= 15 is 0 Å². The van der Waals surface area contributed by atoms with Gasteiger partial charge >= 0.3 is 0 Å². The van der Waals surface area contributed by atoms with E-state index in [-0.39, 0.29) is 5.91 Å². The molecule has 0 radical (unpaired) electrons. The van der Waals surface area contributed by atoms with Gasteiger partial charge in [-0.1, -0.05) is 25.0 Å². The van der Waals surface area contributed by atoms with Crippen LogP contribution in [0.2, 0.25) is 0 Å². The van der Waals surface area contributed by atoms with E-state index in [9.17, 15) is 4.79 Å². The number of imidazole rings is 1. The zero-order valence-electron chi connectivity index (χ0n) is 14.4. The van der Waals surface area contributed by atoms with E-state index in [0.29, 0.717) is 17.7 Å². The maximum absolute atomic E-state index is 13.0. The second kappa shape index (κ2) is 5.61. The van der Waals surface area contributed by atoms with Crippen molar-refractivity contribution in [3.05, 3.63) is 42.0 Å². The predicted molar refractivity (Wildman–Crippen MR) is 93.9 cm³/mol. The van der Waals surface area contributed by atoms with Crippen molar-refractivity contribution in [3.63, 3.8) is 0 Å². The first-order valence-electron chi connectivity index (χ1n) is 9.34. The summed E-state index contributed by atoms with van der Waals surface area (Å²) in [6.07, 6.45) is 9.46. The Labute approximate surface area is 147 Å². The molecular formula is C20H23N3O2. The topological polar surface area (TPSA) is 47.4 Å². The fourth-order valence-electron chi connectivity index (χ4n) is 4.78. The molecule has 5 nitrogen and oxygen atoms in total. The van der Waals surface area contributed by atoms with Gasteiger partial charge < -0.3 is 9.64 Å². The first kappa shape index (κ1) is 15.0. The molecule has 3 aliphatic rings. The monoisotopic (exact) mass is 337 g/mol. The maximum atomic E-state index is 13.0. The number of carbonyl (C=O) groups is 1. The number of para-hydroxylation sites is 2. The van der Waals surface area contributed by atoms with Crippen LogP contribution in [0.1, 0.15) is 54.7 Å². The summed E-state index contributed by atoms with van der Waals surface area (Å²) < 4.78 is 7.83. The number of fused-ring (bicyclic) bond motifs is 3. The van der Waals surface area contributed by atoms with Gasteiger partial charge in [0.1, 0.15) is 18.7 Å². The van der Waals surface area contributed by atoms with E-state index in [0.717, 1.165) is 43.1 Å². The highest BCUT2D eigenvalue weighted by Gasteiger charge is 2.39. The van der Waals surface area contributed by atoms with Gasteiger partial charge in [-0.3, -0.25) is 9.36 Å². The number of aromatic nitrogens is 2. The number of amides is 1. The molecule has 0 N–H and O–H groups in total. The van der Waals surface area contributed by atoms with Crippen LogP contribution in [0, 0.1) is 5.41 Å². The summed E-state index contributed by atoms with van der Waals surface area (Å²) in [5.41, 5.74) is 2.90. The van der Waals surface area contributed by atoms with Crippen LogP contribution in [0.4, 0.5) is 0 Å². The van der Waals surface area contributed by atoms with E-state index in [1.165, 1.54) is 25.7 Å². The number of nitrogens with zero attached hydrogens (tertiary/aromatic N) is 3. The maximum Gasteiger partial charge on any atom is 0.274 e. The lowest BCUT2D eigenvalue weighted by molar-refractivity contribution is 0.0579. The summed E-state index contributed by atoms with van der Waals surface area (Å²) in [6.45, 7) is 2.13. The number of rotatable bonds is 1. The third kappa shape index (κ3) is 2.36. The molecule has 0 atom stereocenters. The highest BCUT2D eigenvalue weighted by Crippen LogP contribution is 2.46. The molecule has 2 aromatic rings. The molecule has 1 aromatic heterocycles. The van der Waals surface area contributed by atoms with Crippen LogP contribution in [-0.4, -0.2) is 33.4 Å². The van der Waals surface area contributed by atoms with Gasteiger partial charge in [-0.2, -0.15) is 0 Å². The van der Waals surface area contributed by atoms with Crippen molar-refractivity contribution in [2.24, 2.45) is 5.41 Å². The van der Waals surface area contributed by atoms with Crippen molar-refractivity contribution in [1.82, 2.24) is 14.5 Å². The summed E-state index contributed by atoms with van der Waals surface area (Å²) in [5, 5.41) is 0. The van der Waals surface area contributed by atoms with Crippen LogP contribution in [0.5, 0.6) is 5.75 Å². The Morgan fingerprint density at radius 1 is 1.08 bits per heavy atom. The molecule has 5 heteroatoms. The lowest BCUT2D eigenvalue weighted by Gasteiger charge is -2.39. The highest BCUT2D eigenvalue weighted by molar-refractivity contribution is 5.93. The number of carbonyl (C=O) groups excluding carboxylic acids is 1. The van der Waals surface area contributed by atoms with Gasteiger partial charge in [-0.25, -0.2) is 4.98 Å². The molecule has 5 rings (SSSR count). The largest absolute Gasteiger partial charge is 0.485 e. The fourth-order valence-corrected chi connectivity index (χ4v) is 4.78. The van der Waals surface area contributed by atoms with E-state index in [4.69, 9.17) is 4.74 Å². The number of ether oxygens (including phenoxy) is 1. The van der Waals surface area contributed by atoms with Crippen molar-refractivity contribution >= 4 is 5.91 Å².